The summed E-state index contributed by atoms with van der Waals surface area (Å²) in [4.78, 5) is 33.5. The summed E-state index contributed by atoms with van der Waals surface area (Å²) in [5, 5.41) is 15.9. The van der Waals surface area contributed by atoms with Crippen molar-refractivity contribution >= 4 is 34.8 Å². The van der Waals surface area contributed by atoms with Crippen molar-refractivity contribution in [3.63, 3.8) is 0 Å². The molecule has 2 aromatic heterocycles. The number of halogens is 2. The summed E-state index contributed by atoms with van der Waals surface area (Å²) >= 11 is 0. The summed E-state index contributed by atoms with van der Waals surface area (Å²) in [6.07, 6.45) is 1.37. The Labute approximate surface area is 217 Å². The van der Waals surface area contributed by atoms with Crippen LogP contribution in [-0.4, -0.2) is 45.7 Å². The first kappa shape index (κ1) is 26.2. The van der Waals surface area contributed by atoms with Crippen LogP contribution in [0.1, 0.15) is 38.9 Å². The van der Waals surface area contributed by atoms with Crippen LogP contribution in [0.3, 0.4) is 0 Å². The van der Waals surface area contributed by atoms with Crippen LogP contribution in [0.25, 0.3) is 5.82 Å². The summed E-state index contributed by atoms with van der Waals surface area (Å²) < 4.78 is 28.9. The Kier molecular flexibility index (Phi) is 7.33. The lowest BCUT2D eigenvalue weighted by Gasteiger charge is -2.14. The molecule has 0 spiro atoms. The van der Waals surface area contributed by atoms with Gasteiger partial charge in [0, 0.05) is 55.7 Å². The zero-order valence-electron chi connectivity index (χ0n) is 21.1. The molecule has 196 valence electrons. The molecule has 0 bridgehead atoms. The number of aromatic nitrogens is 4. The number of alkyl halides is 2. The Bertz CT molecular complexity index is 1500. The quantitative estimate of drug-likeness (QED) is 0.270. The maximum Gasteiger partial charge on any atom is 0.271 e. The van der Waals surface area contributed by atoms with Gasteiger partial charge in [-0.05, 0) is 36.8 Å². The lowest BCUT2D eigenvalue weighted by atomic mass is 10.1. The van der Waals surface area contributed by atoms with E-state index >= 15 is 0 Å². The summed E-state index contributed by atoms with van der Waals surface area (Å²) in [5.41, 5.74) is 1.91. The molecule has 0 saturated heterocycles. The number of aryl methyl sites for hydroxylation is 1. The standard InChI is InChI=1S/C26H26F2N8O2/c1-15-8-9-18(33-24(37)16-6-5-7-17(10-16)26(2,27)28)11-19(15)34-23-12-20(25(38)30-4)35-36(23)22-13-21(29-3)31-14-32-22/h5-14,34H,1-4H3,(H,30,38)(H,33,37)(H,29,31,32). The molecule has 2 amide bonds. The lowest BCUT2D eigenvalue weighted by Crippen LogP contribution is -2.18. The van der Waals surface area contributed by atoms with Gasteiger partial charge in [0.2, 0.25) is 0 Å². The summed E-state index contributed by atoms with van der Waals surface area (Å²) in [7, 11) is 3.23. The van der Waals surface area contributed by atoms with Crippen LogP contribution in [0.15, 0.2) is 60.9 Å². The number of anilines is 4. The number of nitrogens with zero attached hydrogens (tertiary/aromatic N) is 4. The molecule has 0 fully saturated rings. The molecule has 0 aliphatic rings. The van der Waals surface area contributed by atoms with Gasteiger partial charge in [-0.2, -0.15) is 9.78 Å². The van der Waals surface area contributed by atoms with Gasteiger partial charge in [-0.3, -0.25) is 9.59 Å². The molecule has 0 atom stereocenters. The second-order valence-corrected chi connectivity index (χ2v) is 8.50. The zero-order valence-corrected chi connectivity index (χ0v) is 21.1. The van der Waals surface area contributed by atoms with Crippen molar-refractivity contribution in [1.29, 1.82) is 0 Å². The van der Waals surface area contributed by atoms with Gasteiger partial charge >= 0.3 is 0 Å². The highest BCUT2D eigenvalue weighted by Crippen LogP contribution is 2.29. The number of amides is 2. The second kappa shape index (κ2) is 10.6. The van der Waals surface area contributed by atoms with Gasteiger partial charge in [0.05, 0.1) is 0 Å². The van der Waals surface area contributed by atoms with Crippen molar-refractivity contribution in [3.8, 4) is 5.82 Å². The average Bonchev–Trinajstić information content (AvgIpc) is 3.33. The van der Waals surface area contributed by atoms with Crippen molar-refractivity contribution in [1.82, 2.24) is 25.1 Å². The van der Waals surface area contributed by atoms with Crippen molar-refractivity contribution in [2.45, 2.75) is 19.8 Å². The number of hydrogen-bond acceptors (Lipinski definition) is 7. The third kappa shape index (κ3) is 5.75. The fourth-order valence-electron chi connectivity index (χ4n) is 3.59. The van der Waals surface area contributed by atoms with Gasteiger partial charge in [-0.15, -0.1) is 0 Å². The molecular formula is C26H26F2N8O2. The average molecular weight is 521 g/mol. The minimum Gasteiger partial charge on any atom is -0.373 e. The van der Waals surface area contributed by atoms with E-state index in [9.17, 15) is 18.4 Å². The van der Waals surface area contributed by atoms with E-state index in [1.165, 1.54) is 42.3 Å². The fraction of sp³-hybridized carbons (Fsp3) is 0.192. The van der Waals surface area contributed by atoms with Gasteiger partial charge in [-0.1, -0.05) is 18.2 Å². The molecule has 4 aromatic rings. The molecule has 0 saturated carbocycles. The van der Waals surface area contributed by atoms with Crippen LogP contribution in [0.5, 0.6) is 0 Å². The van der Waals surface area contributed by atoms with Gasteiger partial charge in [0.25, 0.3) is 17.7 Å². The van der Waals surface area contributed by atoms with Crippen molar-refractivity contribution < 1.29 is 18.4 Å². The van der Waals surface area contributed by atoms with Crippen LogP contribution >= 0.6 is 0 Å². The monoisotopic (exact) mass is 520 g/mol. The number of hydrogen-bond donors (Lipinski definition) is 4. The number of rotatable bonds is 8. The molecule has 10 nitrogen and oxygen atoms in total. The van der Waals surface area contributed by atoms with E-state index in [1.54, 1.807) is 37.4 Å². The van der Waals surface area contributed by atoms with Gasteiger partial charge in [-0.25, -0.2) is 18.7 Å². The number of benzene rings is 2. The van der Waals surface area contributed by atoms with E-state index in [2.05, 4.69) is 36.3 Å². The molecule has 4 N–H and O–H groups in total. The van der Waals surface area contributed by atoms with E-state index in [0.29, 0.717) is 28.8 Å². The van der Waals surface area contributed by atoms with E-state index in [0.717, 1.165) is 12.5 Å². The predicted octanol–water partition coefficient (Wildman–Crippen LogP) is 4.48. The third-order valence-electron chi connectivity index (χ3n) is 5.68. The molecule has 0 aliphatic heterocycles. The van der Waals surface area contributed by atoms with Crippen molar-refractivity contribution in [2.24, 2.45) is 0 Å². The Morgan fingerprint density at radius 1 is 0.974 bits per heavy atom. The Morgan fingerprint density at radius 2 is 1.76 bits per heavy atom. The van der Waals surface area contributed by atoms with Crippen LogP contribution in [0.4, 0.5) is 31.8 Å². The first-order chi connectivity index (χ1) is 18.1. The minimum atomic E-state index is -3.06. The highest BCUT2D eigenvalue weighted by molar-refractivity contribution is 6.04. The first-order valence-electron chi connectivity index (χ1n) is 11.6. The molecule has 2 heterocycles. The van der Waals surface area contributed by atoms with Gasteiger partial charge in [0.1, 0.15) is 18.0 Å². The fourth-order valence-corrected chi connectivity index (χ4v) is 3.59. The van der Waals surface area contributed by atoms with Crippen molar-refractivity contribution in [2.75, 3.05) is 30.0 Å². The lowest BCUT2D eigenvalue weighted by molar-refractivity contribution is 0.0174. The molecule has 4 rings (SSSR count). The molecular weight excluding hydrogens is 494 g/mol. The van der Waals surface area contributed by atoms with E-state index < -0.39 is 11.8 Å². The Hall–Kier alpha value is -4.87. The predicted molar refractivity (Wildman–Crippen MR) is 141 cm³/mol. The molecule has 38 heavy (non-hydrogen) atoms. The maximum absolute atomic E-state index is 13.7. The second-order valence-electron chi connectivity index (χ2n) is 8.50. The first-order valence-corrected chi connectivity index (χ1v) is 11.6. The van der Waals surface area contributed by atoms with Crippen LogP contribution in [0.2, 0.25) is 0 Å². The zero-order chi connectivity index (χ0) is 27.4. The molecule has 0 aliphatic carbocycles. The Balaban J connectivity index is 1.65. The van der Waals surface area contributed by atoms with Crippen LogP contribution < -0.4 is 21.3 Å². The molecule has 2 aromatic carbocycles. The van der Waals surface area contributed by atoms with Crippen LogP contribution in [0, 0.1) is 6.92 Å². The number of nitrogens with one attached hydrogen (secondary N) is 4. The van der Waals surface area contributed by atoms with E-state index in [4.69, 9.17) is 0 Å². The highest BCUT2D eigenvalue weighted by atomic mass is 19.3. The maximum atomic E-state index is 13.7. The molecule has 0 unspecified atom stereocenters. The van der Waals surface area contributed by atoms with Crippen LogP contribution in [-0.2, 0) is 5.92 Å². The van der Waals surface area contributed by atoms with E-state index in [1.807, 2.05) is 6.92 Å². The smallest absolute Gasteiger partial charge is 0.271 e. The molecule has 0 radical (unpaired) electrons. The summed E-state index contributed by atoms with van der Waals surface area (Å²) in [5.74, 6) is -2.56. The summed E-state index contributed by atoms with van der Waals surface area (Å²) in [6, 6.07) is 13.8. The number of carbonyl (C=O) groups excluding carboxylic acids is 2. The topological polar surface area (TPSA) is 126 Å². The van der Waals surface area contributed by atoms with E-state index in [-0.39, 0.29) is 22.7 Å². The van der Waals surface area contributed by atoms with Gasteiger partial charge in [0.15, 0.2) is 11.5 Å². The van der Waals surface area contributed by atoms with Gasteiger partial charge < -0.3 is 21.3 Å². The SMILES string of the molecule is CNC(=O)c1cc(Nc2cc(NC(=O)c3cccc(C(C)(F)F)c3)ccc2C)n(-c2cc(NC)ncn2)n1. The Morgan fingerprint density at radius 3 is 2.47 bits per heavy atom. The normalized spacial score (nSPS) is 11.1. The third-order valence-corrected chi connectivity index (χ3v) is 5.68. The highest BCUT2D eigenvalue weighted by Gasteiger charge is 2.25. The number of carbonyl (C=O) groups is 2. The summed E-state index contributed by atoms with van der Waals surface area (Å²) in [6.45, 7) is 2.65. The minimum absolute atomic E-state index is 0.108. The van der Waals surface area contributed by atoms with Crippen molar-refractivity contribution in [3.05, 3.63) is 83.3 Å². The molecule has 12 heteroatoms. The largest absolute Gasteiger partial charge is 0.373 e.